The minimum absolute atomic E-state index is 0.00317. The maximum atomic E-state index is 10.6. The molecule has 0 radical (unpaired) electrons. The van der Waals surface area contributed by atoms with E-state index in [1.807, 2.05) is 0 Å². The zero-order valence-corrected chi connectivity index (χ0v) is 8.77. The predicted octanol–water partition coefficient (Wildman–Crippen LogP) is 0.586. The molecule has 1 aromatic heterocycles. The number of nitrogens with one attached hydrogen (secondary N) is 1. The zero-order chi connectivity index (χ0) is 12.1. The van der Waals surface area contributed by atoms with Crippen LogP contribution in [0.5, 0.6) is 0 Å². The molecule has 7 nitrogen and oxygen atoms in total. The standard InChI is InChI=1S/C9H12N4O3/c1-6-5-12-9(4-7(6)13(15)16)11-3-2-8(10)14/h4-5H,2-3H2,1H3,(H2,10,14)(H,11,12). The predicted molar refractivity (Wildman–Crippen MR) is 57.9 cm³/mol. The van der Waals surface area contributed by atoms with Gasteiger partial charge in [-0.2, -0.15) is 0 Å². The molecular weight excluding hydrogens is 212 g/mol. The maximum Gasteiger partial charge on any atom is 0.277 e. The highest BCUT2D eigenvalue weighted by atomic mass is 16.6. The van der Waals surface area contributed by atoms with Crippen molar-refractivity contribution in [1.82, 2.24) is 4.98 Å². The summed E-state index contributed by atoms with van der Waals surface area (Å²) in [6.07, 6.45) is 1.56. The monoisotopic (exact) mass is 224 g/mol. The van der Waals surface area contributed by atoms with Crippen molar-refractivity contribution in [2.75, 3.05) is 11.9 Å². The van der Waals surface area contributed by atoms with Gasteiger partial charge in [-0.3, -0.25) is 14.9 Å². The molecule has 0 bridgehead atoms. The number of carbonyl (C=O) groups excluding carboxylic acids is 1. The summed E-state index contributed by atoms with van der Waals surface area (Å²) in [7, 11) is 0. The highest BCUT2D eigenvalue weighted by Gasteiger charge is 2.11. The lowest BCUT2D eigenvalue weighted by Gasteiger charge is -2.04. The molecule has 1 amide bonds. The number of nitrogens with zero attached hydrogens (tertiary/aromatic N) is 2. The van der Waals surface area contributed by atoms with Crippen LogP contribution in [0.2, 0.25) is 0 Å². The second kappa shape index (κ2) is 5.06. The topological polar surface area (TPSA) is 111 Å². The number of nitro groups is 1. The van der Waals surface area contributed by atoms with Gasteiger partial charge in [-0.1, -0.05) is 0 Å². The quantitative estimate of drug-likeness (QED) is 0.561. The van der Waals surface area contributed by atoms with Crippen molar-refractivity contribution in [3.05, 3.63) is 27.9 Å². The van der Waals surface area contributed by atoms with Gasteiger partial charge in [-0.05, 0) is 6.92 Å². The van der Waals surface area contributed by atoms with E-state index >= 15 is 0 Å². The minimum atomic E-state index is -0.476. The Bertz CT molecular complexity index is 419. The number of aryl methyl sites for hydroxylation is 1. The van der Waals surface area contributed by atoms with Crippen LogP contribution in [0.15, 0.2) is 12.3 Å². The van der Waals surface area contributed by atoms with Gasteiger partial charge >= 0.3 is 0 Å². The van der Waals surface area contributed by atoms with Crippen LogP contribution >= 0.6 is 0 Å². The lowest BCUT2D eigenvalue weighted by atomic mass is 10.2. The second-order valence-corrected chi connectivity index (χ2v) is 3.26. The molecule has 0 spiro atoms. The Kier molecular flexibility index (Phi) is 3.76. The highest BCUT2D eigenvalue weighted by Crippen LogP contribution is 2.19. The van der Waals surface area contributed by atoms with E-state index in [1.54, 1.807) is 6.92 Å². The van der Waals surface area contributed by atoms with Crippen LogP contribution < -0.4 is 11.1 Å². The van der Waals surface area contributed by atoms with Crippen LogP contribution in [-0.2, 0) is 4.79 Å². The molecule has 3 N–H and O–H groups in total. The third kappa shape index (κ3) is 3.19. The molecule has 86 valence electrons. The molecule has 0 aliphatic rings. The fraction of sp³-hybridized carbons (Fsp3) is 0.333. The van der Waals surface area contributed by atoms with Crippen LogP contribution in [0.4, 0.5) is 11.5 Å². The number of amides is 1. The van der Waals surface area contributed by atoms with Crippen LogP contribution in [0.1, 0.15) is 12.0 Å². The number of carbonyl (C=O) groups is 1. The average molecular weight is 224 g/mol. The fourth-order valence-corrected chi connectivity index (χ4v) is 1.12. The molecule has 0 aromatic carbocycles. The molecule has 1 rings (SSSR count). The van der Waals surface area contributed by atoms with E-state index in [0.717, 1.165) is 0 Å². The molecule has 0 aliphatic carbocycles. The third-order valence-electron chi connectivity index (χ3n) is 1.95. The Hall–Kier alpha value is -2.18. The molecule has 0 unspecified atom stereocenters. The van der Waals surface area contributed by atoms with E-state index in [4.69, 9.17) is 5.73 Å². The van der Waals surface area contributed by atoms with Crippen molar-refractivity contribution in [2.24, 2.45) is 5.73 Å². The highest BCUT2D eigenvalue weighted by molar-refractivity contribution is 5.74. The van der Waals surface area contributed by atoms with Crippen molar-refractivity contribution in [2.45, 2.75) is 13.3 Å². The second-order valence-electron chi connectivity index (χ2n) is 3.26. The van der Waals surface area contributed by atoms with Crippen molar-refractivity contribution >= 4 is 17.4 Å². The molecule has 0 fully saturated rings. The van der Waals surface area contributed by atoms with Crippen molar-refractivity contribution < 1.29 is 9.72 Å². The van der Waals surface area contributed by atoms with Crippen LogP contribution in [0.25, 0.3) is 0 Å². The molecule has 0 saturated carbocycles. The largest absolute Gasteiger partial charge is 0.370 e. The van der Waals surface area contributed by atoms with Gasteiger partial charge in [-0.15, -0.1) is 0 Å². The molecule has 1 aromatic rings. The molecule has 16 heavy (non-hydrogen) atoms. The third-order valence-corrected chi connectivity index (χ3v) is 1.95. The lowest BCUT2D eigenvalue weighted by Crippen LogP contribution is -2.16. The average Bonchev–Trinajstić information content (AvgIpc) is 2.19. The first kappa shape index (κ1) is 11.9. The molecule has 0 atom stereocenters. The van der Waals surface area contributed by atoms with Gasteiger partial charge in [-0.25, -0.2) is 4.98 Å². The molecule has 1 heterocycles. The van der Waals surface area contributed by atoms with Gasteiger partial charge in [0.25, 0.3) is 5.69 Å². The molecule has 0 aliphatic heterocycles. The van der Waals surface area contributed by atoms with E-state index in [1.165, 1.54) is 12.3 Å². The molecular formula is C9H12N4O3. The summed E-state index contributed by atoms with van der Waals surface area (Å²) in [5.74, 6) is -0.0762. The number of nitrogens with two attached hydrogens (primary N) is 1. The van der Waals surface area contributed by atoms with E-state index in [9.17, 15) is 14.9 Å². The first-order valence-electron chi connectivity index (χ1n) is 4.64. The number of hydrogen-bond donors (Lipinski definition) is 2. The van der Waals surface area contributed by atoms with Crippen LogP contribution in [0.3, 0.4) is 0 Å². The van der Waals surface area contributed by atoms with Gasteiger partial charge in [0, 0.05) is 24.7 Å². The lowest BCUT2D eigenvalue weighted by molar-refractivity contribution is -0.385. The normalized spacial score (nSPS) is 9.81. The van der Waals surface area contributed by atoms with Crippen molar-refractivity contribution in [3.8, 4) is 0 Å². The summed E-state index contributed by atoms with van der Waals surface area (Å²) >= 11 is 0. The van der Waals surface area contributed by atoms with E-state index in [0.29, 0.717) is 17.9 Å². The van der Waals surface area contributed by atoms with Gasteiger partial charge in [0.15, 0.2) is 0 Å². The maximum absolute atomic E-state index is 10.6. The number of anilines is 1. The Morgan fingerprint density at radius 3 is 2.94 bits per heavy atom. The number of rotatable bonds is 5. The summed E-state index contributed by atoms with van der Waals surface area (Å²) in [4.78, 5) is 24.6. The summed E-state index contributed by atoms with van der Waals surface area (Å²) in [6.45, 7) is 1.92. The van der Waals surface area contributed by atoms with Gasteiger partial charge < -0.3 is 11.1 Å². The summed E-state index contributed by atoms with van der Waals surface area (Å²) in [6, 6.07) is 1.33. The summed E-state index contributed by atoms with van der Waals surface area (Å²) in [5.41, 5.74) is 5.44. The first-order valence-corrected chi connectivity index (χ1v) is 4.64. The van der Waals surface area contributed by atoms with Crippen molar-refractivity contribution in [3.63, 3.8) is 0 Å². The number of pyridine rings is 1. The Labute approximate surface area is 91.8 Å². The smallest absolute Gasteiger partial charge is 0.277 e. The number of primary amides is 1. The van der Waals surface area contributed by atoms with Crippen molar-refractivity contribution in [1.29, 1.82) is 0 Å². The SMILES string of the molecule is Cc1cnc(NCCC(N)=O)cc1[N+](=O)[O-]. The van der Waals surface area contributed by atoms with Crippen LogP contribution in [0, 0.1) is 17.0 Å². The van der Waals surface area contributed by atoms with Crippen LogP contribution in [-0.4, -0.2) is 22.4 Å². The minimum Gasteiger partial charge on any atom is -0.370 e. The fourth-order valence-electron chi connectivity index (χ4n) is 1.12. The van der Waals surface area contributed by atoms with Gasteiger partial charge in [0.1, 0.15) is 5.82 Å². The summed E-state index contributed by atoms with van der Waals surface area (Å²) < 4.78 is 0. The van der Waals surface area contributed by atoms with E-state index in [-0.39, 0.29) is 12.1 Å². The zero-order valence-electron chi connectivity index (χ0n) is 8.77. The van der Waals surface area contributed by atoms with E-state index in [2.05, 4.69) is 10.3 Å². The number of hydrogen-bond acceptors (Lipinski definition) is 5. The summed E-state index contributed by atoms with van der Waals surface area (Å²) in [5, 5.41) is 13.4. The first-order chi connectivity index (χ1) is 7.50. The Morgan fingerprint density at radius 1 is 1.69 bits per heavy atom. The molecule has 0 saturated heterocycles. The van der Waals surface area contributed by atoms with E-state index < -0.39 is 10.8 Å². The van der Waals surface area contributed by atoms with Gasteiger partial charge in [0.2, 0.25) is 5.91 Å². The van der Waals surface area contributed by atoms with Gasteiger partial charge in [0.05, 0.1) is 11.0 Å². The Balaban J connectivity index is 2.71. The number of aromatic nitrogens is 1. The molecule has 7 heteroatoms. The Morgan fingerprint density at radius 2 is 2.38 bits per heavy atom.